The van der Waals surface area contributed by atoms with Crippen LogP contribution >= 0.6 is 11.6 Å². The summed E-state index contributed by atoms with van der Waals surface area (Å²) in [5, 5.41) is 11.9. The number of benzene rings is 1. The third-order valence-corrected chi connectivity index (χ3v) is 2.85. The first kappa shape index (κ1) is 14.6. The van der Waals surface area contributed by atoms with Gasteiger partial charge in [0.15, 0.2) is 0 Å². The molecule has 0 atom stereocenters. The van der Waals surface area contributed by atoms with Crippen LogP contribution in [-0.2, 0) is 6.54 Å². The monoisotopic (exact) mass is 296 g/mol. The van der Waals surface area contributed by atoms with E-state index in [-0.39, 0.29) is 18.2 Å². The van der Waals surface area contributed by atoms with E-state index >= 15 is 0 Å². The van der Waals surface area contributed by atoms with Crippen LogP contribution in [-0.4, -0.2) is 23.3 Å². The molecule has 0 bridgehead atoms. The second kappa shape index (κ2) is 7.07. The van der Waals surface area contributed by atoms with E-state index in [2.05, 4.69) is 10.3 Å². The Labute approximate surface area is 121 Å². The fourth-order valence-electron chi connectivity index (χ4n) is 1.57. The van der Waals surface area contributed by atoms with Crippen molar-refractivity contribution in [3.05, 3.63) is 52.9 Å². The molecule has 0 aliphatic carbocycles. The lowest BCUT2D eigenvalue weighted by atomic mass is 10.2. The minimum absolute atomic E-state index is 0.0486. The van der Waals surface area contributed by atoms with Gasteiger partial charge >= 0.3 is 0 Å². The Bertz CT molecular complexity index is 564. The van der Waals surface area contributed by atoms with Crippen molar-refractivity contribution in [3.8, 4) is 5.88 Å². The van der Waals surface area contributed by atoms with E-state index in [1.807, 2.05) is 6.07 Å². The summed E-state index contributed by atoms with van der Waals surface area (Å²) in [6, 6.07) is 8.10. The number of anilines is 1. The molecule has 4 nitrogen and oxygen atoms in total. The van der Waals surface area contributed by atoms with Gasteiger partial charge in [0, 0.05) is 12.6 Å². The van der Waals surface area contributed by atoms with Crippen molar-refractivity contribution in [1.29, 1.82) is 0 Å². The molecule has 1 aromatic heterocycles. The third kappa shape index (κ3) is 4.08. The fraction of sp³-hybridized carbons (Fsp3) is 0.214. The Kier molecular flexibility index (Phi) is 5.15. The van der Waals surface area contributed by atoms with Gasteiger partial charge in [0.1, 0.15) is 12.4 Å². The fourth-order valence-corrected chi connectivity index (χ4v) is 1.78. The van der Waals surface area contributed by atoms with Crippen molar-refractivity contribution in [2.24, 2.45) is 0 Å². The Hall–Kier alpha value is -1.85. The van der Waals surface area contributed by atoms with Crippen LogP contribution in [0.5, 0.6) is 5.88 Å². The van der Waals surface area contributed by atoms with E-state index in [0.29, 0.717) is 12.4 Å². The van der Waals surface area contributed by atoms with Crippen molar-refractivity contribution in [1.82, 2.24) is 4.98 Å². The summed E-state index contributed by atoms with van der Waals surface area (Å²) >= 11 is 5.71. The van der Waals surface area contributed by atoms with Crippen LogP contribution in [0.3, 0.4) is 0 Å². The highest BCUT2D eigenvalue weighted by Gasteiger charge is 2.01. The molecular weight excluding hydrogens is 283 g/mol. The summed E-state index contributed by atoms with van der Waals surface area (Å²) in [5.74, 6) is 0.0249. The Morgan fingerprint density at radius 1 is 1.30 bits per heavy atom. The molecule has 2 aromatic rings. The van der Waals surface area contributed by atoms with Crippen molar-refractivity contribution < 1.29 is 14.2 Å². The van der Waals surface area contributed by atoms with Gasteiger partial charge in [0.25, 0.3) is 0 Å². The smallest absolute Gasteiger partial charge is 0.213 e. The summed E-state index contributed by atoms with van der Waals surface area (Å²) in [4.78, 5) is 4.08. The maximum absolute atomic E-state index is 13.0. The number of ether oxygens (including phenoxy) is 1. The largest absolute Gasteiger partial charge is 0.475 e. The molecule has 2 rings (SSSR count). The molecule has 0 spiro atoms. The molecule has 1 heterocycles. The highest BCUT2D eigenvalue weighted by atomic mass is 35.5. The minimum atomic E-state index is -0.428. The van der Waals surface area contributed by atoms with Gasteiger partial charge in [0.05, 0.1) is 23.5 Å². The molecule has 0 saturated carbocycles. The predicted molar refractivity (Wildman–Crippen MR) is 75.6 cm³/mol. The zero-order chi connectivity index (χ0) is 14.4. The SMILES string of the molecule is OCCOc1ccc(NCc2ccc(F)c(Cl)c2)cn1. The van der Waals surface area contributed by atoms with Crippen LogP contribution in [0.15, 0.2) is 36.5 Å². The molecule has 106 valence electrons. The van der Waals surface area contributed by atoms with E-state index in [1.165, 1.54) is 6.07 Å². The first-order valence-electron chi connectivity index (χ1n) is 6.06. The van der Waals surface area contributed by atoms with Crippen molar-refractivity contribution >= 4 is 17.3 Å². The molecule has 0 amide bonds. The lowest BCUT2D eigenvalue weighted by Crippen LogP contribution is -2.04. The zero-order valence-corrected chi connectivity index (χ0v) is 11.4. The molecule has 0 radical (unpaired) electrons. The van der Waals surface area contributed by atoms with Crippen LogP contribution < -0.4 is 10.1 Å². The average molecular weight is 297 g/mol. The van der Waals surface area contributed by atoms with Gasteiger partial charge in [-0.05, 0) is 23.8 Å². The Balaban J connectivity index is 1.91. The molecular formula is C14H14ClFN2O2. The summed E-state index contributed by atoms with van der Waals surface area (Å²) < 4.78 is 18.2. The lowest BCUT2D eigenvalue weighted by molar-refractivity contribution is 0.196. The highest BCUT2D eigenvalue weighted by molar-refractivity contribution is 6.30. The van der Waals surface area contributed by atoms with Gasteiger partial charge < -0.3 is 15.2 Å². The van der Waals surface area contributed by atoms with Crippen LogP contribution in [0.2, 0.25) is 5.02 Å². The molecule has 0 aliphatic rings. The van der Waals surface area contributed by atoms with Crippen LogP contribution in [0, 0.1) is 5.82 Å². The third-order valence-electron chi connectivity index (χ3n) is 2.56. The van der Waals surface area contributed by atoms with Gasteiger partial charge in [-0.1, -0.05) is 17.7 Å². The first-order chi connectivity index (χ1) is 9.69. The number of nitrogens with one attached hydrogen (secondary N) is 1. The number of rotatable bonds is 6. The number of aromatic nitrogens is 1. The van der Waals surface area contributed by atoms with Gasteiger partial charge in [-0.2, -0.15) is 0 Å². The lowest BCUT2D eigenvalue weighted by Gasteiger charge is -2.08. The normalized spacial score (nSPS) is 10.3. The van der Waals surface area contributed by atoms with E-state index in [4.69, 9.17) is 21.4 Å². The van der Waals surface area contributed by atoms with E-state index in [0.717, 1.165) is 11.3 Å². The Morgan fingerprint density at radius 2 is 2.15 bits per heavy atom. The van der Waals surface area contributed by atoms with Crippen molar-refractivity contribution in [2.75, 3.05) is 18.5 Å². The van der Waals surface area contributed by atoms with Gasteiger partial charge in [0.2, 0.25) is 5.88 Å². The average Bonchev–Trinajstić information content (AvgIpc) is 2.47. The molecule has 1 aromatic carbocycles. The number of hydrogen-bond acceptors (Lipinski definition) is 4. The van der Waals surface area contributed by atoms with Gasteiger partial charge in [-0.3, -0.25) is 0 Å². The molecule has 0 fully saturated rings. The highest BCUT2D eigenvalue weighted by Crippen LogP contribution is 2.17. The zero-order valence-electron chi connectivity index (χ0n) is 10.6. The molecule has 20 heavy (non-hydrogen) atoms. The van der Waals surface area contributed by atoms with Gasteiger partial charge in [-0.15, -0.1) is 0 Å². The van der Waals surface area contributed by atoms with Crippen LogP contribution in [0.4, 0.5) is 10.1 Å². The van der Waals surface area contributed by atoms with Crippen LogP contribution in [0.25, 0.3) is 0 Å². The van der Waals surface area contributed by atoms with E-state index in [1.54, 1.807) is 24.4 Å². The summed E-state index contributed by atoms with van der Waals surface area (Å²) in [7, 11) is 0. The predicted octanol–water partition coefficient (Wildman–Crippen LogP) is 2.86. The number of hydrogen-bond donors (Lipinski definition) is 2. The number of pyridine rings is 1. The summed E-state index contributed by atoms with van der Waals surface area (Å²) in [6.07, 6.45) is 1.62. The number of aliphatic hydroxyl groups excluding tert-OH is 1. The summed E-state index contributed by atoms with van der Waals surface area (Å²) in [6.45, 7) is 0.680. The molecule has 0 aliphatic heterocycles. The second-order valence-electron chi connectivity index (χ2n) is 4.06. The molecule has 0 unspecified atom stereocenters. The molecule has 6 heteroatoms. The molecule has 0 saturated heterocycles. The minimum Gasteiger partial charge on any atom is -0.475 e. The van der Waals surface area contributed by atoms with Gasteiger partial charge in [-0.25, -0.2) is 9.37 Å². The van der Waals surface area contributed by atoms with Crippen molar-refractivity contribution in [2.45, 2.75) is 6.54 Å². The quantitative estimate of drug-likeness (QED) is 0.861. The first-order valence-corrected chi connectivity index (χ1v) is 6.44. The molecule has 2 N–H and O–H groups in total. The standard InChI is InChI=1S/C14H14ClFN2O2/c15-12-7-10(1-3-13(12)16)8-17-11-2-4-14(18-9-11)20-6-5-19/h1-4,7,9,17,19H,5-6,8H2. The van der Waals surface area contributed by atoms with E-state index < -0.39 is 5.82 Å². The second-order valence-corrected chi connectivity index (χ2v) is 4.47. The van der Waals surface area contributed by atoms with E-state index in [9.17, 15) is 4.39 Å². The van der Waals surface area contributed by atoms with Crippen molar-refractivity contribution in [3.63, 3.8) is 0 Å². The number of nitrogens with zero attached hydrogens (tertiary/aromatic N) is 1. The number of aliphatic hydroxyl groups is 1. The maximum atomic E-state index is 13.0. The van der Waals surface area contributed by atoms with Crippen LogP contribution in [0.1, 0.15) is 5.56 Å². The number of halogens is 2. The maximum Gasteiger partial charge on any atom is 0.213 e. The summed E-state index contributed by atoms with van der Waals surface area (Å²) in [5.41, 5.74) is 1.68. The topological polar surface area (TPSA) is 54.4 Å². The Morgan fingerprint density at radius 3 is 2.80 bits per heavy atom.